The number of piperazine rings is 1. The largest absolute Gasteiger partial charge is 0.328 e. The first-order valence-corrected chi connectivity index (χ1v) is 10.0. The maximum Gasteiger partial charge on any atom is 0.266 e. The molecule has 3 aromatic rings. The molecule has 1 unspecified atom stereocenters. The fraction of sp³-hybridized carbons (Fsp3) is 0.350. The molecule has 3 heterocycles. The summed E-state index contributed by atoms with van der Waals surface area (Å²) in [6, 6.07) is 8.63. The lowest BCUT2D eigenvalue weighted by Gasteiger charge is -2.36. The number of rotatable bonds is 4. The van der Waals surface area contributed by atoms with Gasteiger partial charge < -0.3 is 10.2 Å². The summed E-state index contributed by atoms with van der Waals surface area (Å²) in [6.07, 6.45) is 6.39. The number of carbonyl (C=O) groups excluding carboxylic acids is 1. The summed E-state index contributed by atoms with van der Waals surface area (Å²) in [6.45, 7) is 4.42. The van der Waals surface area contributed by atoms with Gasteiger partial charge in [-0.3, -0.25) is 9.48 Å². The summed E-state index contributed by atoms with van der Waals surface area (Å²) < 4.78 is 1.74. The number of amides is 1. The van der Waals surface area contributed by atoms with E-state index < -0.39 is 0 Å². The molecule has 4 rings (SSSR count). The van der Waals surface area contributed by atoms with Crippen LogP contribution in [-0.4, -0.2) is 45.2 Å². The quantitative estimate of drug-likeness (QED) is 0.755. The molecule has 0 bridgehead atoms. The summed E-state index contributed by atoms with van der Waals surface area (Å²) in [5.41, 5.74) is 3.42. The zero-order valence-corrected chi connectivity index (χ0v) is 16.4. The fourth-order valence-corrected chi connectivity index (χ4v) is 4.25. The van der Waals surface area contributed by atoms with Crippen molar-refractivity contribution < 1.29 is 4.79 Å². The van der Waals surface area contributed by atoms with Crippen LogP contribution in [0.25, 0.3) is 10.6 Å². The van der Waals surface area contributed by atoms with Gasteiger partial charge in [-0.1, -0.05) is 31.2 Å². The molecule has 1 fully saturated rings. The van der Waals surface area contributed by atoms with Gasteiger partial charge in [-0.05, 0) is 17.5 Å². The molecule has 0 aliphatic carbocycles. The SMILES string of the molecule is CCc1ccc(C2CNCCN2C(=O)c2cnc(-c3cnn(C)c3)s2)cc1. The zero-order chi connectivity index (χ0) is 18.8. The Hall–Kier alpha value is -2.51. The first-order valence-electron chi connectivity index (χ1n) is 9.21. The molecule has 140 valence electrons. The molecule has 0 saturated carbocycles. The molecule has 6 nitrogen and oxygen atoms in total. The minimum Gasteiger partial charge on any atom is -0.328 e. The third-order valence-corrected chi connectivity index (χ3v) is 5.98. The van der Waals surface area contributed by atoms with Gasteiger partial charge in [0.15, 0.2) is 0 Å². The molecule has 1 aliphatic rings. The number of thiazole rings is 1. The van der Waals surface area contributed by atoms with Gasteiger partial charge in [0, 0.05) is 38.4 Å². The Balaban J connectivity index is 1.58. The maximum atomic E-state index is 13.2. The lowest BCUT2D eigenvalue weighted by atomic mass is 10.0. The highest BCUT2D eigenvalue weighted by atomic mass is 32.1. The van der Waals surface area contributed by atoms with Gasteiger partial charge >= 0.3 is 0 Å². The number of nitrogens with one attached hydrogen (secondary N) is 1. The number of hydrogen-bond donors (Lipinski definition) is 1. The number of aryl methyl sites for hydroxylation is 2. The molecule has 1 atom stereocenters. The molecular formula is C20H23N5OS. The van der Waals surface area contributed by atoms with Gasteiger partial charge in [0.25, 0.3) is 5.91 Å². The molecule has 1 aliphatic heterocycles. The average Bonchev–Trinajstić information content (AvgIpc) is 3.36. The Bertz CT molecular complexity index is 930. The van der Waals surface area contributed by atoms with Crippen molar-refractivity contribution in [3.05, 3.63) is 58.9 Å². The third kappa shape index (κ3) is 3.65. The molecule has 27 heavy (non-hydrogen) atoms. The number of nitrogens with zero attached hydrogens (tertiary/aromatic N) is 4. The summed E-state index contributed by atoms with van der Waals surface area (Å²) in [5.74, 6) is 0.0497. The Morgan fingerprint density at radius 2 is 2.11 bits per heavy atom. The lowest BCUT2D eigenvalue weighted by Crippen LogP contribution is -2.48. The van der Waals surface area contributed by atoms with Crippen LogP contribution in [-0.2, 0) is 13.5 Å². The highest BCUT2D eigenvalue weighted by Gasteiger charge is 2.29. The third-order valence-electron chi connectivity index (χ3n) is 4.95. The van der Waals surface area contributed by atoms with Gasteiger partial charge in [-0.25, -0.2) is 4.98 Å². The van der Waals surface area contributed by atoms with Crippen molar-refractivity contribution in [2.75, 3.05) is 19.6 Å². The van der Waals surface area contributed by atoms with Crippen LogP contribution in [0.5, 0.6) is 0 Å². The molecule has 2 aromatic heterocycles. The van der Waals surface area contributed by atoms with E-state index in [4.69, 9.17) is 0 Å². The molecule has 1 N–H and O–H groups in total. The standard InChI is InChI=1S/C20H23N5OS/c1-3-14-4-6-15(7-5-14)17-11-21-8-9-25(17)20(26)18-12-22-19(27-18)16-10-23-24(2)13-16/h4-7,10,12-13,17,21H,3,8-9,11H2,1-2H3. The van der Waals surface area contributed by atoms with Crippen molar-refractivity contribution in [1.82, 2.24) is 25.0 Å². The van der Waals surface area contributed by atoms with Gasteiger partial charge in [-0.15, -0.1) is 11.3 Å². The predicted octanol–water partition coefficient (Wildman–Crippen LogP) is 2.89. The molecule has 1 saturated heterocycles. The second-order valence-electron chi connectivity index (χ2n) is 6.75. The Labute approximate surface area is 162 Å². The number of benzene rings is 1. The first kappa shape index (κ1) is 17.9. The van der Waals surface area contributed by atoms with Crippen molar-refractivity contribution in [1.29, 1.82) is 0 Å². The number of aromatic nitrogens is 3. The van der Waals surface area contributed by atoms with Crippen molar-refractivity contribution in [2.24, 2.45) is 7.05 Å². The van der Waals surface area contributed by atoms with Crippen molar-refractivity contribution >= 4 is 17.2 Å². The summed E-state index contributed by atoms with van der Waals surface area (Å²) >= 11 is 1.43. The van der Waals surface area contributed by atoms with Gasteiger partial charge in [0.05, 0.1) is 18.4 Å². The second-order valence-corrected chi connectivity index (χ2v) is 7.78. The van der Waals surface area contributed by atoms with Crippen LogP contribution in [0.4, 0.5) is 0 Å². The summed E-state index contributed by atoms with van der Waals surface area (Å²) in [5, 5.41) is 8.42. The average molecular weight is 382 g/mol. The van der Waals surface area contributed by atoms with Crippen LogP contribution >= 0.6 is 11.3 Å². The van der Waals surface area contributed by atoms with E-state index in [1.807, 2.05) is 18.1 Å². The van der Waals surface area contributed by atoms with E-state index in [9.17, 15) is 4.79 Å². The van der Waals surface area contributed by atoms with Crippen LogP contribution < -0.4 is 5.32 Å². The topological polar surface area (TPSA) is 63.1 Å². The molecule has 0 spiro atoms. The molecule has 7 heteroatoms. The zero-order valence-electron chi connectivity index (χ0n) is 15.6. The highest BCUT2D eigenvalue weighted by molar-refractivity contribution is 7.16. The number of carbonyl (C=O) groups is 1. The Morgan fingerprint density at radius 1 is 1.30 bits per heavy atom. The van der Waals surface area contributed by atoms with Crippen molar-refractivity contribution in [3.8, 4) is 10.6 Å². The van der Waals surface area contributed by atoms with Crippen LogP contribution in [0.1, 0.15) is 33.8 Å². The smallest absolute Gasteiger partial charge is 0.266 e. The Kier molecular flexibility index (Phi) is 5.05. The minimum atomic E-state index is 0.0427. The molecule has 0 radical (unpaired) electrons. The molecule has 1 aromatic carbocycles. The van der Waals surface area contributed by atoms with Crippen LogP contribution in [0, 0.1) is 0 Å². The molecular weight excluding hydrogens is 358 g/mol. The Morgan fingerprint density at radius 3 is 2.81 bits per heavy atom. The first-order chi connectivity index (χ1) is 13.2. The van der Waals surface area contributed by atoms with Gasteiger partial charge in [0.1, 0.15) is 9.88 Å². The van der Waals surface area contributed by atoms with Crippen LogP contribution in [0.3, 0.4) is 0 Å². The van der Waals surface area contributed by atoms with E-state index in [2.05, 4.69) is 46.6 Å². The maximum absolute atomic E-state index is 13.2. The van der Waals surface area contributed by atoms with Gasteiger partial charge in [-0.2, -0.15) is 5.10 Å². The van der Waals surface area contributed by atoms with E-state index in [0.29, 0.717) is 11.4 Å². The highest BCUT2D eigenvalue weighted by Crippen LogP contribution is 2.29. The van der Waals surface area contributed by atoms with E-state index in [0.717, 1.165) is 30.1 Å². The summed E-state index contributed by atoms with van der Waals surface area (Å²) in [4.78, 5) is 20.3. The summed E-state index contributed by atoms with van der Waals surface area (Å²) in [7, 11) is 1.87. The monoisotopic (exact) mass is 381 g/mol. The van der Waals surface area contributed by atoms with E-state index in [1.165, 1.54) is 22.5 Å². The second kappa shape index (κ2) is 7.62. The number of hydrogen-bond acceptors (Lipinski definition) is 5. The predicted molar refractivity (Wildman–Crippen MR) is 107 cm³/mol. The lowest BCUT2D eigenvalue weighted by molar-refractivity contribution is 0.0639. The molecule has 1 amide bonds. The van der Waals surface area contributed by atoms with Crippen LogP contribution in [0.15, 0.2) is 42.9 Å². The van der Waals surface area contributed by atoms with Crippen molar-refractivity contribution in [2.45, 2.75) is 19.4 Å². The van der Waals surface area contributed by atoms with Gasteiger partial charge in [0.2, 0.25) is 0 Å². The van der Waals surface area contributed by atoms with E-state index >= 15 is 0 Å². The fourth-order valence-electron chi connectivity index (χ4n) is 3.40. The normalized spacial score (nSPS) is 17.3. The van der Waals surface area contributed by atoms with Crippen LogP contribution in [0.2, 0.25) is 0 Å². The minimum absolute atomic E-state index is 0.0427. The van der Waals surface area contributed by atoms with E-state index in [1.54, 1.807) is 17.1 Å². The van der Waals surface area contributed by atoms with Crippen molar-refractivity contribution in [3.63, 3.8) is 0 Å². The van der Waals surface area contributed by atoms with E-state index in [-0.39, 0.29) is 11.9 Å².